The van der Waals surface area contributed by atoms with Crippen LogP contribution in [0.25, 0.3) is 0 Å². The van der Waals surface area contributed by atoms with Crippen LogP contribution in [0.5, 0.6) is 0 Å². The highest BCUT2D eigenvalue weighted by atomic mass is 16.7. The molecule has 2 heterocycles. The standard InChI is InChI=1S/C14H13B.C11H18N2O2/c15-11-14(12-7-3-1-4-8-12)13-9-5-2-6-10-13;1-3-10(11-14-4-5-15-11)7-13-8-12-6-9(13)2/h1-10,14H,11H2;6,8,10-11H,3-5,7H2,1-2H3. The molecule has 1 atom stereocenters. The molecule has 0 amide bonds. The first kappa shape index (κ1) is 22.3. The second kappa shape index (κ2) is 11.7. The third kappa shape index (κ3) is 6.07. The van der Waals surface area contributed by atoms with Crippen molar-refractivity contribution in [2.45, 2.75) is 45.3 Å². The highest BCUT2D eigenvalue weighted by molar-refractivity contribution is 6.09. The lowest BCUT2D eigenvalue weighted by molar-refractivity contribution is -0.0885. The molecule has 5 heteroatoms. The van der Waals surface area contributed by atoms with E-state index in [1.54, 1.807) is 0 Å². The van der Waals surface area contributed by atoms with E-state index in [1.165, 1.54) is 16.8 Å². The van der Waals surface area contributed by atoms with Crippen LogP contribution in [0.4, 0.5) is 0 Å². The first-order chi connectivity index (χ1) is 14.7. The minimum Gasteiger partial charge on any atom is -0.350 e. The van der Waals surface area contributed by atoms with Crippen molar-refractivity contribution in [1.82, 2.24) is 9.55 Å². The van der Waals surface area contributed by atoms with E-state index in [4.69, 9.17) is 17.3 Å². The van der Waals surface area contributed by atoms with Gasteiger partial charge in [-0.25, -0.2) is 4.98 Å². The smallest absolute Gasteiger partial charge is 0.162 e. The third-order valence-electron chi connectivity index (χ3n) is 5.55. The Labute approximate surface area is 181 Å². The Hall–Kier alpha value is -2.37. The van der Waals surface area contributed by atoms with Crippen LogP contribution in [0.2, 0.25) is 6.32 Å². The van der Waals surface area contributed by atoms with Crippen LogP contribution in [-0.2, 0) is 16.0 Å². The summed E-state index contributed by atoms with van der Waals surface area (Å²) < 4.78 is 13.2. The first-order valence-corrected chi connectivity index (χ1v) is 10.7. The highest BCUT2D eigenvalue weighted by Crippen LogP contribution is 2.26. The molecule has 3 aromatic rings. The van der Waals surface area contributed by atoms with E-state index in [9.17, 15) is 0 Å². The van der Waals surface area contributed by atoms with E-state index in [1.807, 2.05) is 24.7 Å². The van der Waals surface area contributed by atoms with E-state index >= 15 is 0 Å². The van der Waals surface area contributed by atoms with Crippen LogP contribution in [-0.4, -0.2) is 36.9 Å². The molecule has 2 aromatic carbocycles. The van der Waals surface area contributed by atoms with Crippen molar-refractivity contribution in [1.29, 1.82) is 0 Å². The number of imidazole rings is 1. The lowest BCUT2D eigenvalue weighted by atomic mass is 9.81. The maximum atomic E-state index is 5.84. The summed E-state index contributed by atoms with van der Waals surface area (Å²) in [7, 11) is 5.84. The van der Waals surface area contributed by atoms with Gasteiger partial charge in [-0.15, -0.1) is 0 Å². The van der Waals surface area contributed by atoms with Gasteiger partial charge in [0.05, 0.1) is 27.4 Å². The summed E-state index contributed by atoms with van der Waals surface area (Å²) in [6.07, 6.45) is 5.42. The van der Waals surface area contributed by atoms with Gasteiger partial charge in [0, 0.05) is 30.3 Å². The van der Waals surface area contributed by atoms with Gasteiger partial charge in [-0.1, -0.05) is 73.9 Å². The van der Waals surface area contributed by atoms with Gasteiger partial charge < -0.3 is 14.0 Å². The Morgan fingerprint density at radius 3 is 2.00 bits per heavy atom. The van der Waals surface area contributed by atoms with Crippen molar-refractivity contribution >= 4 is 7.85 Å². The van der Waals surface area contributed by atoms with Crippen molar-refractivity contribution in [2.24, 2.45) is 5.92 Å². The van der Waals surface area contributed by atoms with Crippen molar-refractivity contribution in [2.75, 3.05) is 13.2 Å². The van der Waals surface area contributed by atoms with E-state index in [2.05, 4.69) is 71.9 Å². The summed E-state index contributed by atoms with van der Waals surface area (Å²) >= 11 is 0. The fraction of sp³-hybridized carbons (Fsp3) is 0.400. The molecule has 1 unspecified atom stereocenters. The van der Waals surface area contributed by atoms with Gasteiger partial charge in [-0.3, -0.25) is 0 Å². The van der Waals surface area contributed by atoms with Crippen LogP contribution >= 0.6 is 0 Å². The predicted octanol–water partition coefficient (Wildman–Crippen LogP) is 5.00. The zero-order valence-electron chi connectivity index (χ0n) is 18.0. The Morgan fingerprint density at radius 2 is 1.57 bits per heavy atom. The Balaban J connectivity index is 0.000000171. The van der Waals surface area contributed by atoms with Crippen LogP contribution in [0.3, 0.4) is 0 Å². The lowest BCUT2D eigenvalue weighted by Crippen LogP contribution is -2.25. The molecular formula is C25H31BN2O2. The van der Waals surface area contributed by atoms with Crippen LogP contribution in [0.1, 0.15) is 36.1 Å². The monoisotopic (exact) mass is 402 g/mol. The molecular weight excluding hydrogens is 371 g/mol. The third-order valence-corrected chi connectivity index (χ3v) is 5.55. The number of ether oxygens (including phenoxy) is 2. The van der Waals surface area contributed by atoms with Crippen LogP contribution < -0.4 is 0 Å². The Kier molecular flexibility index (Phi) is 8.73. The minimum atomic E-state index is -0.0307. The number of aryl methyl sites for hydroxylation is 1. The van der Waals surface area contributed by atoms with E-state index in [0.717, 1.165) is 26.2 Å². The average molecular weight is 402 g/mol. The number of rotatable bonds is 7. The Morgan fingerprint density at radius 1 is 1.00 bits per heavy atom. The van der Waals surface area contributed by atoms with Crippen molar-refractivity contribution in [3.8, 4) is 0 Å². The first-order valence-electron chi connectivity index (χ1n) is 10.7. The van der Waals surface area contributed by atoms with Gasteiger partial charge in [0.2, 0.25) is 0 Å². The maximum Gasteiger partial charge on any atom is 0.162 e. The molecule has 1 fully saturated rings. The topological polar surface area (TPSA) is 36.3 Å². The van der Waals surface area contributed by atoms with Crippen LogP contribution in [0.15, 0.2) is 73.2 Å². The molecule has 0 N–H and O–H groups in total. The quantitative estimate of drug-likeness (QED) is 0.522. The van der Waals surface area contributed by atoms with Gasteiger partial charge in [0.15, 0.2) is 6.29 Å². The van der Waals surface area contributed by atoms with E-state index < -0.39 is 0 Å². The van der Waals surface area contributed by atoms with Gasteiger partial charge >= 0.3 is 0 Å². The predicted molar refractivity (Wildman–Crippen MR) is 122 cm³/mol. The summed E-state index contributed by atoms with van der Waals surface area (Å²) in [6, 6.07) is 20.8. The van der Waals surface area contributed by atoms with Gasteiger partial charge in [0.25, 0.3) is 0 Å². The van der Waals surface area contributed by atoms with Crippen molar-refractivity contribution in [3.63, 3.8) is 0 Å². The molecule has 4 rings (SSSR count). The molecule has 0 spiro atoms. The van der Waals surface area contributed by atoms with Gasteiger partial charge in [0.1, 0.15) is 0 Å². The number of hydrogen-bond acceptors (Lipinski definition) is 3. The normalized spacial score (nSPS) is 15.0. The number of hydrogen-bond donors (Lipinski definition) is 0. The maximum absolute atomic E-state index is 5.84. The van der Waals surface area contributed by atoms with Crippen molar-refractivity contribution in [3.05, 3.63) is 90.0 Å². The van der Waals surface area contributed by atoms with Crippen molar-refractivity contribution < 1.29 is 9.47 Å². The zero-order chi connectivity index (χ0) is 21.2. The fourth-order valence-electron chi connectivity index (χ4n) is 3.72. The summed E-state index contributed by atoms with van der Waals surface area (Å²) in [5.41, 5.74) is 3.75. The fourth-order valence-corrected chi connectivity index (χ4v) is 3.72. The molecule has 1 aliphatic heterocycles. The average Bonchev–Trinajstić information content (AvgIpc) is 3.47. The number of nitrogens with zero attached hydrogens (tertiary/aromatic N) is 2. The summed E-state index contributed by atoms with van der Waals surface area (Å²) in [6.45, 7) is 6.61. The summed E-state index contributed by atoms with van der Waals surface area (Å²) in [4.78, 5) is 4.12. The number of benzene rings is 2. The van der Waals surface area contributed by atoms with Gasteiger partial charge in [-0.2, -0.15) is 0 Å². The summed E-state index contributed by atoms with van der Waals surface area (Å²) in [5.74, 6) is 0.729. The molecule has 2 radical (unpaired) electrons. The van der Waals surface area contributed by atoms with Gasteiger partial charge in [-0.05, 0) is 24.5 Å². The van der Waals surface area contributed by atoms with E-state index in [0.29, 0.717) is 18.2 Å². The molecule has 1 aliphatic rings. The molecule has 30 heavy (non-hydrogen) atoms. The second-order valence-corrected chi connectivity index (χ2v) is 7.58. The van der Waals surface area contributed by atoms with E-state index in [-0.39, 0.29) is 6.29 Å². The Bertz CT molecular complexity index is 808. The highest BCUT2D eigenvalue weighted by Gasteiger charge is 2.25. The molecule has 4 nitrogen and oxygen atoms in total. The van der Waals surface area contributed by atoms with Crippen LogP contribution in [0, 0.1) is 12.8 Å². The SMILES string of the molecule is CCC(Cn1cncc1C)C1OCCO1.[B]CC(c1ccccc1)c1ccccc1. The molecule has 156 valence electrons. The zero-order valence-corrected chi connectivity index (χ0v) is 18.0. The number of aromatic nitrogens is 2. The molecule has 1 saturated heterocycles. The molecule has 0 aliphatic carbocycles. The molecule has 1 aromatic heterocycles. The molecule has 0 bridgehead atoms. The summed E-state index contributed by atoms with van der Waals surface area (Å²) in [5, 5.41) is 0. The lowest BCUT2D eigenvalue weighted by Gasteiger charge is -2.21. The largest absolute Gasteiger partial charge is 0.350 e. The molecule has 0 saturated carbocycles. The second-order valence-electron chi connectivity index (χ2n) is 7.58. The minimum absolute atomic E-state index is 0.0307.